The molecule has 0 bridgehead atoms. The highest BCUT2D eigenvalue weighted by Gasteiger charge is 2.54. The van der Waals surface area contributed by atoms with Crippen LogP contribution in [0.3, 0.4) is 0 Å². The summed E-state index contributed by atoms with van der Waals surface area (Å²) >= 11 is 0. The molecule has 3 rings (SSSR count). The van der Waals surface area contributed by atoms with E-state index in [1.807, 2.05) is 0 Å². The molecule has 0 atom stereocenters. The molecule has 2 saturated carbocycles. The van der Waals surface area contributed by atoms with E-state index in [0.717, 1.165) is 0 Å². The second-order valence-corrected chi connectivity index (χ2v) is 7.15. The van der Waals surface area contributed by atoms with Gasteiger partial charge in [0.1, 0.15) is 5.41 Å². The van der Waals surface area contributed by atoms with Gasteiger partial charge in [-0.2, -0.15) is 0 Å². The van der Waals surface area contributed by atoms with Crippen LogP contribution >= 0.6 is 0 Å². The van der Waals surface area contributed by atoms with Gasteiger partial charge in [0, 0.05) is 6.20 Å². The maximum atomic E-state index is 11.8. The molecule has 2 aliphatic rings. The topological polar surface area (TPSA) is 98.2 Å². The Morgan fingerprint density at radius 1 is 1.45 bits per heavy atom. The summed E-state index contributed by atoms with van der Waals surface area (Å²) in [5.41, 5.74) is -0.217. The molecule has 1 N–H and O–H groups in total. The Morgan fingerprint density at radius 2 is 2.15 bits per heavy atom. The maximum Gasteiger partial charge on any atom is 0.317 e. The van der Waals surface area contributed by atoms with Crippen LogP contribution < -0.4 is 4.72 Å². The monoisotopic (exact) mass is 297 g/mol. The summed E-state index contributed by atoms with van der Waals surface area (Å²) in [7, 11) is -2.07. The van der Waals surface area contributed by atoms with E-state index in [0.29, 0.717) is 31.4 Å². The average Bonchev–Trinajstić information content (AvgIpc) is 3.30. The highest BCUT2D eigenvalue weighted by atomic mass is 32.2. The van der Waals surface area contributed by atoms with Crippen molar-refractivity contribution in [3.8, 4) is 0 Å². The van der Waals surface area contributed by atoms with Crippen molar-refractivity contribution >= 4 is 21.9 Å². The van der Waals surface area contributed by atoms with Gasteiger partial charge in [-0.1, -0.05) is 0 Å². The van der Waals surface area contributed by atoms with E-state index >= 15 is 0 Å². The Morgan fingerprint density at radius 3 is 2.70 bits per heavy atom. The first-order valence-corrected chi connectivity index (χ1v) is 7.96. The standard InChI is InChI=1S/C12H15N3O4S/c1-19-10(16)12(5-6-12)9-4-7-13-11(14-9)15-20(17,18)8-2-3-8/h4,7-8H,2-3,5-6H2,1H3,(H,13,14,15). The van der Waals surface area contributed by atoms with Crippen LogP contribution in [0.1, 0.15) is 31.4 Å². The summed E-state index contributed by atoms with van der Waals surface area (Å²) in [6.07, 6.45) is 4.11. The minimum absolute atomic E-state index is 0.0181. The summed E-state index contributed by atoms with van der Waals surface area (Å²) in [4.78, 5) is 19.9. The smallest absolute Gasteiger partial charge is 0.317 e. The van der Waals surface area contributed by atoms with Gasteiger partial charge in [0.05, 0.1) is 18.1 Å². The van der Waals surface area contributed by atoms with Gasteiger partial charge in [0.25, 0.3) is 0 Å². The highest BCUT2D eigenvalue weighted by Crippen LogP contribution is 2.48. The molecule has 7 nitrogen and oxygen atoms in total. The van der Waals surface area contributed by atoms with Gasteiger partial charge < -0.3 is 4.74 Å². The molecule has 0 saturated heterocycles. The van der Waals surface area contributed by atoms with Crippen LogP contribution in [0.2, 0.25) is 0 Å². The minimum atomic E-state index is -3.40. The normalized spacial score (nSPS) is 20.2. The number of carbonyl (C=O) groups excluding carboxylic acids is 1. The van der Waals surface area contributed by atoms with E-state index in [4.69, 9.17) is 4.74 Å². The molecule has 2 aliphatic carbocycles. The molecular weight excluding hydrogens is 282 g/mol. The van der Waals surface area contributed by atoms with Crippen molar-refractivity contribution in [2.24, 2.45) is 0 Å². The third kappa shape index (κ3) is 2.24. The van der Waals surface area contributed by atoms with E-state index < -0.39 is 15.4 Å². The highest BCUT2D eigenvalue weighted by molar-refractivity contribution is 7.93. The zero-order valence-electron chi connectivity index (χ0n) is 11.0. The molecule has 20 heavy (non-hydrogen) atoms. The fraction of sp³-hybridized carbons (Fsp3) is 0.583. The van der Waals surface area contributed by atoms with E-state index in [2.05, 4.69) is 14.7 Å². The predicted molar refractivity (Wildman–Crippen MR) is 70.5 cm³/mol. The Kier molecular flexibility index (Phi) is 2.93. The number of aromatic nitrogens is 2. The molecule has 0 radical (unpaired) electrons. The lowest BCUT2D eigenvalue weighted by Crippen LogP contribution is -2.25. The number of methoxy groups -OCH3 is 1. The van der Waals surface area contributed by atoms with Crippen molar-refractivity contribution in [2.75, 3.05) is 11.8 Å². The molecule has 0 unspecified atom stereocenters. The maximum absolute atomic E-state index is 11.8. The SMILES string of the molecule is COC(=O)C1(c2ccnc(NS(=O)(=O)C3CC3)n2)CC1. The van der Waals surface area contributed by atoms with Crippen LogP contribution in [-0.2, 0) is 25.0 Å². The second-order valence-electron chi connectivity index (χ2n) is 5.19. The van der Waals surface area contributed by atoms with Gasteiger partial charge in [-0.25, -0.2) is 18.4 Å². The number of nitrogens with zero attached hydrogens (tertiary/aromatic N) is 2. The predicted octanol–water partition coefficient (Wildman–Crippen LogP) is 0.585. The average molecular weight is 297 g/mol. The summed E-state index contributed by atoms with van der Waals surface area (Å²) in [6.45, 7) is 0. The number of hydrogen-bond donors (Lipinski definition) is 1. The van der Waals surface area contributed by atoms with Crippen molar-refractivity contribution in [3.05, 3.63) is 18.0 Å². The van der Waals surface area contributed by atoms with Gasteiger partial charge in [0.2, 0.25) is 16.0 Å². The first-order chi connectivity index (χ1) is 9.48. The number of esters is 1. The summed E-state index contributed by atoms with van der Waals surface area (Å²) < 4.78 is 30.9. The van der Waals surface area contributed by atoms with Crippen LogP contribution in [0.4, 0.5) is 5.95 Å². The third-order valence-electron chi connectivity index (χ3n) is 3.67. The van der Waals surface area contributed by atoms with Crippen molar-refractivity contribution < 1.29 is 17.9 Å². The molecule has 0 aromatic carbocycles. The van der Waals surface area contributed by atoms with Crippen LogP contribution in [0.25, 0.3) is 0 Å². The lowest BCUT2D eigenvalue weighted by Gasteiger charge is -2.13. The first kappa shape index (κ1) is 13.3. The molecule has 0 amide bonds. The van der Waals surface area contributed by atoms with Gasteiger partial charge in [-0.3, -0.25) is 9.52 Å². The molecule has 1 aromatic heterocycles. The fourth-order valence-electron chi connectivity index (χ4n) is 2.15. The van der Waals surface area contributed by atoms with Gasteiger partial charge in [0.15, 0.2) is 0 Å². The fourth-order valence-corrected chi connectivity index (χ4v) is 3.42. The second kappa shape index (κ2) is 4.41. The van der Waals surface area contributed by atoms with Crippen LogP contribution in [0, 0.1) is 0 Å². The molecule has 1 heterocycles. The quantitative estimate of drug-likeness (QED) is 0.798. The Bertz CT molecular complexity index is 650. The van der Waals surface area contributed by atoms with Gasteiger partial charge in [-0.05, 0) is 31.7 Å². The van der Waals surface area contributed by atoms with E-state index in [1.54, 1.807) is 6.07 Å². The molecule has 0 aliphatic heterocycles. The number of sulfonamides is 1. The number of rotatable bonds is 5. The number of nitrogens with one attached hydrogen (secondary N) is 1. The number of hydrogen-bond acceptors (Lipinski definition) is 6. The van der Waals surface area contributed by atoms with Gasteiger partial charge >= 0.3 is 5.97 Å². The molecule has 8 heteroatoms. The minimum Gasteiger partial charge on any atom is -0.468 e. The molecule has 1 aromatic rings. The lowest BCUT2D eigenvalue weighted by molar-refractivity contribution is -0.143. The molecule has 2 fully saturated rings. The first-order valence-electron chi connectivity index (χ1n) is 6.41. The van der Waals surface area contributed by atoms with E-state index in [1.165, 1.54) is 13.3 Å². The van der Waals surface area contributed by atoms with E-state index in [9.17, 15) is 13.2 Å². The van der Waals surface area contributed by atoms with E-state index in [-0.39, 0.29) is 17.2 Å². The Balaban J connectivity index is 1.85. The van der Waals surface area contributed by atoms with Crippen molar-refractivity contribution in [1.29, 1.82) is 0 Å². The van der Waals surface area contributed by atoms with Crippen molar-refractivity contribution in [2.45, 2.75) is 36.3 Å². The number of carbonyl (C=O) groups is 1. The van der Waals surface area contributed by atoms with Crippen molar-refractivity contribution in [1.82, 2.24) is 9.97 Å². The van der Waals surface area contributed by atoms with Crippen LogP contribution in [0.15, 0.2) is 12.3 Å². The summed E-state index contributed by atoms with van der Waals surface area (Å²) in [5, 5.41) is -0.342. The number of ether oxygens (including phenoxy) is 1. The summed E-state index contributed by atoms with van der Waals surface area (Å²) in [5.74, 6) is -0.322. The van der Waals surface area contributed by atoms with Crippen LogP contribution in [0.5, 0.6) is 0 Å². The molecule has 0 spiro atoms. The zero-order chi connectivity index (χ0) is 14.4. The zero-order valence-corrected chi connectivity index (χ0v) is 11.8. The van der Waals surface area contributed by atoms with Crippen molar-refractivity contribution in [3.63, 3.8) is 0 Å². The largest absolute Gasteiger partial charge is 0.468 e. The molecule has 108 valence electrons. The third-order valence-corrected chi connectivity index (χ3v) is 5.48. The van der Waals surface area contributed by atoms with Gasteiger partial charge in [-0.15, -0.1) is 0 Å². The van der Waals surface area contributed by atoms with Crippen LogP contribution in [-0.4, -0.2) is 36.7 Å². The Hall–Kier alpha value is -1.70. The Labute approximate surface area is 116 Å². The lowest BCUT2D eigenvalue weighted by atomic mass is 10.0. The summed E-state index contributed by atoms with van der Waals surface area (Å²) in [6, 6.07) is 1.62. The molecular formula is C12H15N3O4S. The number of anilines is 1.